The van der Waals surface area contributed by atoms with E-state index in [9.17, 15) is 10.3 Å². The van der Waals surface area contributed by atoms with Gasteiger partial charge in [0.1, 0.15) is 11.5 Å². The van der Waals surface area contributed by atoms with Crippen LogP contribution in [0.5, 0.6) is 5.75 Å². The van der Waals surface area contributed by atoms with Crippen molar-refractivity contribution < 1.29 is 10.3 Å². The zero-order chi connectivity index (χ0) is 17.2. The molecule has 0 aliphatic rings. The lowest BCUT2D eigenvalue weighted by Gasteiger charge is -2.10. The first-order valence-electron chi connectivity index (χ1n) is 8.86. The van der Waals surface area contributed by atoms with Gasteiger partial charge in [0.2, 0.25) is 0 Å². The van der Waals surface area contributed by atoms with Crippen molar-refractivity contribution in [3.05, 3.63) is 65.2 Å². The highest BCUT2D eigenvalue weighted by Gasteiger charge is 2.13. The van der Waals surface area contributed by atoms with Gasteiger partial charge in [-0.25, -0.2) is 0 Å². The topological polar surface area (TPSA) is 52.8 Å². The summed E-state index contributed by atoms with van der Waals surface area (Å²) < 4.78 is 0. The van der Waals surface area contributed by atoms with Crippen molar-refractivity contribution in [3.8, 4) is 5.75 Å². The summed E-state index contributed by atoms with van der Waals surface area (Å²) in [7, 11) is 0. The molecule has 2 aromatic carbocycles. The average molecular weight is 325 g/mol. The molecule has 0 aromatic heterocycles. The highest BCUT2D eigenvalue weighted by molar-refractivity contribution is 6.14. The number of aryl methyl sites for hydroxylation is 1. The monoisotopic (exact) mass is 325 g/mol. The fourth-order valence-corrected chi connectivity index (χ4v) is 2.90. The maximum Gasteiger partial charge on any atom is 0.125 e. The van der Waals surface area contributed by atoms with E-state index in [2.05, 4.69) is 12.1 Å². The third-order valence-electron chi connectivity index (χ3n) is 4.28. The lowest BCUT2D eigenvalue weighted by Crippen LogP contribution is -2.04. The van der Waals surface area contributed by atoms with Crippen LogP contribution in [0.1, 0.15) is 62.1 Å². The molecule has 0 bridgehead atoms. The third kappa shape index (κ3) is 5.12. The summed E-state index contributed by atoms with van der Waals surface area (Å²) in [6.07, 6.45) is 8.53. The molecule has 3 heteroatoms. The quantitative estimate of drug-likeness (QED) is 0.276. The van der Waals surface area contributed by atoms with Crippen LogP contribution in [0, 0.1) is 0 Å². The second kappa shape index (κ2) is 9.76. The predicted molar refractivity (Wildman–Crippen MR) is 99.1 cm³/mol. The smallest absolute Gasteiger partial charge is 0.125 e. The number of nitrogens with zero attached hydrogens (tertiary/aromatic N) is 1. The van der Waals surface area contributed by atoms with E-state index in [1.807, 2.05) is 42.5 Å². The fourth-order valence-electron chi connectivity index (χ4n) is 2.90. The molecule has 0 saturated carbocycles. The maximum absolute atomic E-state index is 10.2. The molecule has 0 fully saturated rings. The molecule has 0 heterocycles. The van der Waals surface area contributed by atoms with Crippen molar-refractivity contribution >= 4 is 5.71 Å². The molecule has 0 unspecified atom stereocenters. The lowest BCUT2D eigenvalue weighted by molar-refractivity contribution is 0.319. The molecule has 0 amide bonds. The van der Waals surface area contributed by atoms with Crippen LogP contribution < -0.4 is 0 Å². The molecule has 2 aromatic rings. The minimum atomic E-state index is 0.137. The summed E-state index contributed by atoms with van der Waals surface area (Å²) in [5.74, 6) is 0.137. The van der Waals surface area contributed by atoms with Crippen molar-refractivity contribution in [1.82, 2.24) is 0 Å². The molecule has 0 spiro atoms. The first-order chi connectivity index (χ1) is 11.8. The van der Waals surface area contributed by atoms with Gasteiger partial charge in [0.15, 0.2) is 0 Å². The summed E-state index contributed by atoms with van der Waals surface area (Å²) in [6, 6.07) is 15.0. The normalized spacial score (nSPS) is 11.6. The van der Waals surface area contributed by atoms with Gasteiger partial charge in [-0.3, -0.25) is 0 Å². The molecular weight excluding hydrogens is 298 g/mol. The molecule has 24 heavy (non-hydrogen) atoms. The SMILES string of the molecule is CCCCCCCCc1ccc(O)c(C(=NO)c2ccccc2)c1. The van der Waals surface area contributed by atoms with E-state index in [1.165, 1.54) is 32.1 Å². The van der Waals surface area contributed by atoms with Gasteiger partial charge < -0.3 is 10.3 Å². The number of phenols is 1. The number of aromatic hydroxyl groups is 1. The largest absolute Gasteiger partial charge is 0.507 e. The number of hydrogen-bond donors (Lipinski definition) is 2. The minimum Gasteiger partial charge on any atom is -0.507 e. The van der Waals surface area contributed by atoms with Crippen molar-refractivity contribution in [2.45, 2.75) is 51.9 Å². The first-order valence-corrected chi connectivity index (χ1v) is 8.86. The van der Waals surface area contributed by atoms with Crippen LogP contribution in [0.4, 0.5) is 0 Å². The number of rotatable bonds is 9. The van der Waals surface area contributed by atoms with Gasteiger partial charge in [0, 0.05) is 11.1 Å². The van der Waals surface area contributed by atoms with Crippen LogP contribution in [0.3, 0.4) is 0 Å². The van der Waals surface area contributed by atoms with E-state index in [-0.39, 0.29) is 5.75 Å². The van der Waals surface area contributed by atoms with E-state index in [1.54, 1.807) is 6.07 Å². The Morgan fingerprint density at radius 3 is 2.33 bits per heavy atom. The summed E-state index contributed by atoms with van der Waals surface area (Å²) in [5.41, 5.74) is 2.92. The Bertz CT molecular complexity index is 650. The highest BCUT2D eigenvalue weighted by Crippen LogP contribution is 2.23. The summed E-state index contributed by atoms with van der Waals surface area (Å²) >= 11 is 0. The molecule has 0 saturated heterocycles. The minimum absolute atomic E-state index is 0.137. The van der Waals surface area contributed by atoms with Gasteiger partial charge in [-0.2, -0.15) is 0 Å². The number of oxime groups is 1. The van der Waals surface area contributed by atoms with Crippen LogP contribution in [0.25, 0.3) is 0 Å². The molecule has 0 radical (unpaired) electrons. The predicted octanol–water partition coefficient (Wildman–Crippen LogP) is 5.52. The lowest BCUT2D eigenvalue weighted by atomic mass is 9.97. The van der Waals surface area contributed by atoms with E-state index >= 15 is 0 Å². The number of phenolic OH excluding ortho intramolecular Hbond substituents is 1. The van der Waals surface area contributed by atoms with E-state index in [0.29, 0.717) is 11.3 Å². The third-order valence-corrected chi connectivity index (χ3v) is 4.28. The molecular formula is C21H27NO2. The van der Waals surface area contributed by atoms with Crippen LogP contribution in [-0.4, -0.2) is 16.0 Å². The molecule has 3 nitrogen and oxygen atoms in total. The van der Waals surface area contributed by atoms with Gasteiger partial charge in [-0.15, -0.1) is 0 Å². The maximum atomic E-state index is 10.2. The van der Waals surface area contributed by atoms with Crippen molar-refractivity contribution in [1.29, 1.82) is 0 Å². The number of unbranched alkanes of at least 4 members (excludes halogenated alkanes) is 5. The van der Waals surface area contributed by atoms with Gasteiger partial charge in [-0.1, -0.05) is 80.6 Å². The highest BCUT2D eigenvalue weighted by atomic mass is 16.4. The molecule has 2 N–H and O–H groups in total. The van der Waals surface area contributed by atoms with Crippen LogP contribution in [-0.2, 0) is 6.42 Å². The first kappa shape index (κ1) is 18.1. The van der Waals surface area contributed by atoms with Gasteiger partial charge >= 0.3 is 0 Å². The molecule has 2 rings (SSSR count). The Morgan fingerprint density at radius 2 is 1.62 bits per heavy atom. The Kier molecular flexibility index (Phi) is 7.34. The van der Waals surface area contributed by atoms with E-state index < -0.39 is 0 Å². The molecule has 0 aliphatic heterocycles. The van der Waals surface area contributed by atoms with Crippen molar-refractivity contribution in [2.24, 2.45) is 5.16 Å². The molecule has 0 atom stereocenters. The standard InChI is InChI=1S/C21H27NO2/c1-2-3-4-5-6-8-11-17-14-15-20(23)19(16-17)21(22-24)18-12-9-7-10-13-18/h7,9-10,12-16,23-24H,2-6,8,11H2,1H3. The zero-order valence-electron chi connectivity index (χ0n) is 14.4. The summed E-state index contributed by atoms with van der Waals surface area (Å²) in [4.78, 5) is 0. The van der Waals surface area contributed by atoms with E-state index in [4.69, 9.17) is 0 Å². The molecule has 128 valence electrons. The van der Waals surface area contributed by atoms with Crippen molar-refractivity contribution in [2.75, 3.05) is 0 Å². The van der Waals surface area contributed by atoms with Gasteiger partial charge in [0.25, 0.3) is 0 Å². The second-order valence-corrected chi connectivity index (χ2v) is 6.18. The Morgan fingerprint density at radius 1 is 0.917 bits per heavy atom. The Hall–Kier alpha value is -2.29. The summed E-state index contributed by atoms with van der Waals surface area (Å²) in [6.45, 7) is 2.23. The van der Waals surface area contributed by atoms with E-state index in [0.717, 1.165) is 24.0 Å². The second-order valence-electron chi connectivity index (χ2n) is 6.18. The number of hydrogen-bond acceptors (Lipinski definition) is 3. The average Bonchev–Trinajstić information content (AvgIpc) is 2.62. The fraction of sp³-hybridized carbons (Fsp3) is 0.381. The Labute approximate surface area is 144 Å². The van der Waals surface area contributed by atoms with Gasteiger partial charge in [-0.05, 0) is 30.5 Å². The summed E-state index contributed by atoms with van der Waals surface area (Å²) in [5, 5.41) is 23.0. The van der Waals surface area contributed by atoms with Crippen LogP contribution in [0.2, 0.25) is 0 Å². The van der Waals surface area contributed by atoms with Crippen LogP contribution >= 0.6 is 0 Å². The van der Waals surface area contributed by atoms with Crippen molar-refractivity contribution in [3.63, 3.8) is 0 Å². The molecule has 0 aliphatic carbocycles. The van der Waals surface area contributed by atoms with Crippen LogP contribution in [0.15, 0.2) is 53.7 Å². The Balaban J connectivity index is 2.05. The van der Waals surface area contributed by atoms with Gasteiger partial charge in [0.05, 0.1) is 0 Å². The zero-order valence-corrected chi connectivity index (χ0v) is 14.4. The number of benzene rings is 2.